The van der Waals surface area contributed by atoms with Crippen LogP contribution >= 0.6 is 0 Å². The summed E-state index contributed by atoms with van der Waals surface area (Å²) in [5, 5.41) is 0. The minimum atomic E-state index is -0.367. The summed E-state index contributed by atoms with van der Waals surface area (Å²) in [5.41, 5.74) is 0.817. The number of aromatic nitrogens is 1. The molecule has 0 spiro atoms. The van der Waals surface area contributed by atoms with Gasteiger partial charge < -0.3 is 9.80 Å². The summed E-state index contributed by atoms with van der Waals surface area (Å²) in [7, 11) is 0. The number of carbonyl (C=O) groups is 2. The van der Waals surface area contributed by atoms with Crippen molar-refractivity contribution < 1.29 is 9.59 Å². The van der Waals surface area contributed by atoms with Gasteiger partial charge in [-0.2, -0.15) is 0 Å². The summed E-state index contributed by atoms with van der Waals surface area (Å²) in [5.74, 6) is 0.421. The lowest BCUT2D eigenvalue weighted by molar-refractivity contribution is -0.157. The van der Waals surface area contributed by atoms with Gasteiger partial charge in [0, 0.05) is 12.7 Å². The molecule has 1 aromatic rings. The number of pyridine rings is 1. The highest BCUT2D eigenvalue weighted by molar-refractivity contribution is 5.94. The van der Waals surface area contributed by atoms with Gasteiger partial charge in [-0.25, -0.2) is 0 Å². The van der Waals surface area contributed by atoms with Crippen LogP contribution in [0.1, 0.15) is 32.9 Å². The molecule has 2 amide bonds. The molecular weight excluding hydrogens is 266 g/mol. The first kappa shape index (κ1) is 15.5. The third-order valence-corrected chi connectivity index (χ3v) is 3.75. The Morgan fingerprint density at radius 3 is 2.67 bits per heavy atom. The van der Waals surface area contributed by atoms with Crippen molar-refractivity contribution in [2.24, 2.45) is 5.92 Å². The van der Waals surface area contributed by atoms with Gasteiger partial charge in [0.05, 0.1) is 18.8 Å². The maximum absolute atomic E-state index is 12.5. The molecule has 1 atom stereocenters. The van der Waals surface area contributed by atoms with Crippen molar-refractivity contribution in [3.63, 3.8) is 0 Å². The van der Waals surface area contributed by atoms with Gasteiger partial charge in [0.25, 0.3) is 0 Å². The molecular formula is C16H23N3O2. The zero-order valence-electron chi connectivity index (χ0n) is 13.0. The maximum atomic E-state index is 12.5. The predicted molar refractivity (Wildman–Crippen MR) is 80.3 cm³/mol. The molecule has 21 heavy (non-hydrogen) atoms. The molecule has 1 fully saturated rings. The molecule has 2 rings (SSSR count). The summed E-state index contributed by atoms with van der Waals surface area (Å²) >= 11 is 0. The number of likely N-dealkylation sites (N-methyl/N-ethyl adjacent to an activating group) is 1. The zero-order chi connectivity index (χ0) is 15.4. The van der Waals surface area contributed by atoms with Crippen LogP contribution in [0.4, 0.5) is 0 Å². The van der Waals surface area contributed by atoms with Crippen LogP contribution in [0.15, 0.2) is 24.4 Å². The third kappa shape index (κ3) is 3.60. The fraction of sp³-hybridized carbons (Fsp3) is 0.562. The average Bonchev–Trinajstić information content (AvgIpc) is 2.47. The highest BCUT2D eigenvalue weighted by atomic mass is 16.2. The number of amides is 2. The number of carbonyl (C=O) groups excluding carboxylic acids is 2. The summed E-state index contributed by atoms with van der Waals surface area (Å²) in [6.07, 6.45) is 2.40. The van der Waals surface area contributed by atoms with Crippen molar-refractivity contribution in [1.29, 1.82) is 0 Å². The van der Waals surface area contributed by atoms with E-state index < -0.39 is 0 Å². The second-order valence-electron chi connectivity index (χ2n) is 5.84. The number of rotatable bonds is 5. The van der Waals surface area contributed by atoms with Crippen molar-refractivity contribution in [3.05, 3.63) is 30.1 Å². The topological polar surface area (TPSA) is 53.5 Å². The molecule has 0 bridgehead atoms. The summed E-state index contributed by atoms with van der Waals surface area (Å²) in [6.45, 7) is 7.21. The second-order valence-corrected chi connectivity index (χ2v) is 5.84. The van der Waals surface area contributed by atoms with Crippen LogP contribution in [0.3, 0.4) is 0 Å². The molecule has 5 nitrogen and oxygen atoms in total. The Balaban J connectivity index is 2.22. The molecule has 5 heteroatoms. The van der Waals surface area contributed by atoms with E-state index in [2.05, 4.69) is 18.8 Å². The molecule has 114 valence electrons. The highest BCUT2D eigenvalue weighted by Crippen LogP contribution is 2.21. The van der Waals surface area contributed by atoms with Gasteiger partial charge in [-0.05, 0) is 31.4 Å². The van der Waals surface area contributed by atoms with Crippen molar-refractivity contribution in [1.82, 2.24) is 14.8 Å². The fourth-order valence-electron chi connectivity index (χ4n) is 2.66. The second kappa shape index (κ2) is 6.70. The van der Waals surface area contributed by atoms with Crippen LogP contribution in [0.2, 0.25) is 0 Å². The predicted octanol–water partition coefficient (Wildman–Crippen LogP) is 1.69. The fourth-order valence-corrected chi connectivity index (χ4v) is 2.66. The van der Waals surface area contributed by atoms with Crippen LogP contribution < -0.4 is 0 Å². The first-order valence-corrected chi connectivity index (χ1v) is 7.51. The first-order valence-electron chi connectivity index (χ1n) is 7.51. The van der Waals surface area contributed by atoms with E-state index in [4.69, 9.17) is 0 Å². The maximum Gasteiger partial charge on any atom is 0.245 e. The van der Waals surface area contributed by atoms with E-state index in [0.29, 0.717) is 25.4 Å². The largest absolute Gasteiger partial charge is 0.332 e. The Hall–Kier alpha value is -1.91. The highest BCUT2D eigenvalue weighted by Gasteiger charge is 2.38. The number of hydrogen-bond donors (Lipinski definition) is 0. The Morgan fingerprint density at radius 2 is 2.10 bits per heavy atom. The van der Waals surface area contributed by atoms with Crippen molar-refractivity contribution >= 4 is 11.8 Å². The van der Waals surface area contributed by atoms with E-state index in [9.17, 15) is 9.59 Å². The quantitative estimate of drug-likeness (QED) is 0.829. The number of piperazine rings is 1. The van der Waals surface area contributed by atoms with Gasteiger partial charge in [0.15, 0.2) is 0 Å². The number of nitrogens with zero attached hydrogens (tertiary/aromatic N) is 3. The third-order valence-electron chi connectivity index (χ3n) is 3.75. The first-order chi connectivity index (χ1) is 10.0. The summed E-state index contributed by atoms with van der Waals surface area (Å²) < 4.78 is 0. The zero-order valence-corrected chi connectivity index (χ0v) is 13.0. The van der Waals surface area contributed by atoms with Gasteiger partial charge in [-0.3, -0.25) is 14.6 Å². The summed E-state index contributed by atoms with van der Waals surface area (Å²) in [4.78, 5) is 32.6. The van der Waals surface area contributed by atoms with Gasteiger partial charge in [-0.1, -0.05) is 19.9 Å². The van der Waals surface area contributed by atoms with Crippen LogP contribution in [0.5, 0.6) is 0 Å². The van der Waals surface area contributed by atoms with E-state index in [1.807, 2.05) is 25.1 Å². The normalized spacial score (nSPS) is 19.5. The molecule has 0 aliphatic carbocycles. The smallest absolute Gasteiger partial charge is 0.245 e. The molecule has 0 aromatic carbocycles. The summed E-state index contributed by atoms with van der Waals surface area (Å²) in [6, 6.07) is 5.26. The lowest BCUT2D eigenvalue weighted by Gasteiger charge is -2.40. The molecule has 1 saturated heterocycles. The molecule has 1 aliphatic heterocycles. The van der Waals surface area contributed by atoms with Crippen LogP contribution in [-0.2, 0) is 16.1 Å². The Labute approximate surface area is 126 Å². The van der Waals surface area contributed by atoms with E-state index in [1.165, 1.54) is 0 Å². The van der Waals surface area contributed by atoms with E-state index in [1.54, 1.807) is 16.0 Å². The molecule has 0 saturated carbocycles. The van der Waals surface area contributed by atoms with Crippen molar-refractivity contribution in [2.45, 2.75) is 39.8 Å². The lowest BCUT2D eigenvalue weighted by Crippen LogP contribution is -2.59. The van der Waals surface area contributed by atoms with Crippen LogP contribution in [0.25, 0.3) is 0 Å². The minimum absolute atomic E-state index is 0.00718. The van der Waals surface area contributed by atoms with Crippen LogP contribution in [-0.4, -0.2) is 45.7 Å². The average molecular weight is 289 g/mol. The lowest BCUT2D eigenvalue weighted by atomic mass is 9.98. The standard InChI is InChI=1S/C16H23N3O2/c1-4-18-11-15(20)19(10-13-7-5-6-8-17-13)14(16(18)21)9-12(2)3/h5-8,12,14H,4,9-11H2,1-3H3/t14-/m0/s1. The molecule has 1 aliphatic rings. The Kier molecular flexibility index (Phi) is 4.94. The monoisotopic (exact) mass is 289 g/mol. The molecule has 0 unspecified atom stereocenters. The van der Waals surface area contributed by atoms with Crippen LogP contribution in [0, 0.1) is 5.92 Å². The molecule has 0 N–H and O–H groups in total. The molecule has 1 aromatic heterocycles. The van der Waals surface area contributed by atoms with Crippen molar-refractivity contribution in [3.8, 4) is 0 Å². The van der Waals surface area contributed by atoms with Crippen molar-refractivity contribution in [2.75, 3.05) is 13.1 Å². The van der Waals surface area contributed by atoms with E-state index in [0.717, 1.165) is 5.69 Å². The minimum Gasteiger partial charge on any atom is -0.332 e. The Bertz CT molecular complexity index is 502. The van der Waals surface area contributed by atoms with Gasteiger partial charge in [0.1, 0.15) is 6.04 Å². The van der Waals surface area contributed by atoms with Gasteiger partial charge in [0.2, 0.25) is 11.8 Å². The van der Waals surface area contributed by atoms with Gasteiger partial charge >= 0.3 is 0 Å². The molecule has 0 radical (unpaired) electrons. The SMILES string of the molecule is CCN1CC(=O)N(Cc2ccccn2)[C@@H](CC(C)C)C1=O. The number of hydrogen-bond acceptors (Lipinski definition) is 3. The molecule has 2 heterocycles. The van der Waals surface area contributed by atoms with E-state index >= 15 is 0 Å². The van der Waals surface area contributed by atoms with Gasteiger partial charge in [-0.15, -0.1) is 0 Å². The Morgan fingerprint density at radius 1 is 1.33 bits per heavy atom. The van der Waals surface area contributed by atoms with E-state index in [-0.39, 0.29) is 24.4 Å².